The Morgan fingerprint density at radius 2 is 1.73 bits per heavy atom. The van der Waals surface area contributed by atoms with Gasteiger partial charge in [0.25, 0.3) is 0 Å². The summed E-state index contributed by atoms with van der Waals surface area (Å²) in [4.78, 5) is 28.2. The molecule has 0 amide bonds. The van der Waals surface area contributed by atoms with E-state index in [1.54, 1.807) is 12.4 Å². The minimum Gasteiger partial charge on any atom is -0.355 e. The van der Waals surface area contributed by atoms with Gasteiger partial charge in [-0.1, -0.05) is 0 Å². The van der Waals surface area contributed by atoms with Gasteiger partial charge in [-0.25, -0.2) is 24.9 Å². The van der Waals surface area contributed by atoms with Crippen molar-refractivity contribution in [3.63, 3.8) is 0 Å². The summed E-state index contributed by atoms with van der Waals surface area (Å²) in [5, 5.41) is 7.55. The molecule has 1 aliphatic heterocycles. The number of nitrogens with zero attached hydrogens (tertiary/aromatic N) is 7. The summed E-state index contributed by atoms with van der Waals surface area (Å²) in [6.07, 6.45) is 10.5. The number of rotatable bonds is 3. The molecule has 2 N–H and O–H groups in total. The summed E-state index contributed by atoms with van der Waals surface area (Å²) in [6.45, 7) is 2.04. The molecule has 6 rings (SSSR count). The molecule has 6 heterocycles. The Bertz CT molecular complexity index is 1330. The number of piperidine rings is 1. The van der Waals surface area contributed by atoms with Gasteiger partial charge in [0, 0.05) is 37.2 Å². The summed E-state index contributed by atoms with van der Waals surface area (Å²) in [6, 6.07) is 5.85. The van der Waals surface area contributed by atoms with Gasteiger partial charge < -0.3 is 9.88 Å². The number of nitrogens with one attached hydrogen (secondary N) is 2. The highest BCUT2D eigenvalue weighted by molar-refractivity contribution is 5.93. The number of fused-ring (bicyclic) bond motifs is 2. The maximum Gasteiger partial charge on any atom is 0.161 e. The minimum absolute atomic E-state index is 0.677. The van der Waals surface area contributed by atoms with Crippen molar-refractivity contribution < 1.29 is 0 Å². The molecule has 0 spiro atoms. The molecule has 0 unspecified atom stereocenters. The first kappa shape index (κ1) is 17.0. The van der Waals surface area contributed by atoms with Gasteiger partial charge in [0.1, 0.15) is 17.4 Å². The van der Waals surface area contributed by atoms with E-state index in [1.165, 1.54) is 25.6 Å². The van der Waals surface area contributed by atoms with Crippen LogP contribution >= 0.6 is 0 Å². The number of imidazole rings is 1. The maximum atomic E-state index is 4.88. The van der Waals surface area contributed by atoms with Crippen LogP contribution in [0.3, 0.4) is 0 Å². The van der Waals surface area contributed by atoms with E-state index in [0.717, 1.165) is 52.2 Å². The Hall–Kier alpha value is -3.88. The van der Waals surface area contributed by atoms with Gasteiger partial charge in [-0.05, 0) is 37.5 Å². The summed E-state index contributed by atoms with van der Waals surface area (Å²) in [5.41, 5.74) is 5.75. The molecule has 5 aromatic rings. The number of pyridine rings is 2. The Kier molecular flexibility index (Phi) is 3.90. The number of anilines is 1. The highest BCUT2D eigenvalue weighted by Gasteiger charge is 2.20. The topological polar surface area (TPSA) is 112 Å². The van der Waals surface area contributed by atoms with E-state index >= 15 is 0 Å². The smallest absolute Gasteiger partial charge is 0.161 e. The second-order valence-corrected chi connectivity index (χ2v) is 7.46. The van der Waals surface area contributed by atoms with Crippen LogP contribution in [-0.4, -0.2) is 53.2 Å². The van der Waals surface area contributed by atoms with Crippen LogP contribution in [0, 0.1) is 0 Å². The van der Waals surface area contributed by atoms with Gasteiger partial charge >= 0.3 is 0 Å². The molecule has 0 saturated carbocycles. The fraction of sp³-hybridized carbons (Fsp3) is 0.238. The zero-order valence-corrected chi connectivity index (χ0v) is 16.2. The van der Waals surface area contributed by atoms with Crippen LogP contribution in [0.4, 0.5) is 5.82 Å². The standard InChI is InChI=1S/C21H19N9/c1-2-8-30(9-3-1)21-18-15(6-7-24-21)26-20(27-18)19-17-16(28-29-19)5-4-14(25-17)13-10-22-12-23-11-13/h4-7,10-12H,1-3,8-9H2,(H,26,27)(H,28,29). The fourth-order valence-corrected chi connectivity index (χ4v) is 4.03. The van der Waals surface area contributed by atoms with Crippen LogP contribution in [0.25, 0.3) is 44.8 Å². The van der Waals surface area contributed by atoms with Gasteiger partial charge in [-0.2, -0.15) is 5.10 Å². The number of H-pyrrole nitrogens is 2. The Morgan fingerprint density at radius 1 is 0.867 bits per heavy atom. The van der Waals surface area contributed by atoms with Crippen molar-refractivity contribution in [3.8, 4) is 22.8 Å². The fourth-order valence-electron chi connectivity index (χ4n) is 4.03. The van der Waals surface area contributed by atoms with E-state index in [2.05, 4.69) is 35.0 Å². The second-order valence-electron chi connectivity index (χ2n) is 7.46. The van der Waals surface area contributed by atoms with Crippen molar-refractivity contribution in [3.05, 3.63) is 43.1 Å². The normalized spacial score (nSPS) is 14.6. The maximum absolute atomic E-state index is 4.88. The predicted molar refractivity (Wildman–Crippen MR) is 114 cm³/mol. The number of aromatic amines is 2. The van der Waals surface area contributed by atoms with Crippen molar-refractivity contribution >= 4 is 27.9 Å². The van der Waals surface area contributed by atoms with Crippen LogP contribution in [0.5, 0.6) is 0 Å². The molecular weight excluding hydrogens is 378 g/mol. The third-order valence-corrected chi connectivity index (χ3v) is 5.53. The van der Waals surface area contributed by atoms with E-state index in [9.17, 15) is 0 Å². The van der Waals surface area contributed by atoms with Crippen LogP contribution in [-0.2, 0) is 0 Å². The first-order chi connectivity index (χ1) is 14.9. The minimum atomic E-state index is 0.677. The van der Waals surface area contributed by atoms with Gasteiger partial charge in [0.05, 0.1) is 16.7 Å². The average molecular weight is 397 g/mol. The van der Waals surface area contributed by atoms with Crippen molar-refractivity contribution in [1.82, 2.24) is 40.1 Å². The predicted octanol–water partition coefficient (Wildman–Crippen LogP) is 3.34. The molecule has 0 aromatic carbocycles. The zero-order chi connectivity index (χ0) is 19.9. The average Bonchev–Trinajstić information content (AvgIpc) is 3.43. The number of hydrogen-bond acceptors (Lipinski definition) is 7. The molecule has 0 radical (unpaired) electrons. The lowest BCUT2D eigenvalue weighted by Crippen LogP contribution is -2.30. The molecule has 5 aromatic heterocycles. The molecule has 9 heteroatoms. The Labute approximate surface area is 171 Å². The van der Waals surface area contributed by atoms with Crippen molar-refractivity contribution in [2.75, 3.05) is 18.0 Å². The SMILES string of the molecule is c1ncc(-c2ccc3[nH]nc(-c4nc5c(N6CCCCC6)nccc5[nH]4)c3n2)cn1. The van der Waals surface area contributed by atoms with Gasteiger partial charge in [-0.3, -0.25) is 5.10 Å². The van der Waals surface area contributed by atoms with Crippen molar-refractivity contribution in [1.29, 1.82) is 0 Å². The molecular formula is C21H19N9. The first-order valence-corrected chi connectivity index (χ1v) is 10.1. The van der Waals surface area contributed by atoms with Crippen molar-refractivity contribution in [2.45, 2.75) is 19.3 Å². The largest absolute Gasteiger partial charge is 0.355 e. The van der Waals surface area contributed by atoms with E-state index in [1.807, 2.05) is 24.4 Å². The lowest BCUT2D eigenvalue weighted by atomic mass is 10.1. The monoisotopic (exact) mass is 397 g/mol. The molecule has 0 atom stereocenters. The lowest BCUT2D eigenvalue weighted by Gasteiger charge is -2.27. The first-order valence-electron chi connectivity index (χ1n) is 10.1. The highest BCUT2D eigenvalue weighted by atomic mass is 15.2. The zero-order valence-electron chi connectivity index (χ0n) is 16.2. The molecule has 1 aliphatic rings. The molecule has 30 heavy (non-hydrogen) atoms. The number of hydrogen-bond donors (Lipinski definition) is 2. The van der Waals surface area contributed by atoms with Gasteiger partial charge in [0.15, 0.2) is 17.3 Å². The molecule has 148 valence electrons. The van der Waals surface area contributed by atoms with Crippen LogP contribution in [0.15, 0.2) is 43.1 Å². The third kappa shape index (κ3) is 2.78. The lowest BCUT2D eigenvalue weighted by molar-refractivity contribution is 0.574. The van der Waals surface area contributed by atoms with Gasteiger partial charge in [0.2, 0.25) is 0 Å². The summed E-state index contributed by atoms with van der Waals surface area (Å²) < 4.78 is 0. The van der Waals surface area contributed by atoms with Crippen LogP contribution < -0.4 is 4.90 Å². The molecule has 1 saturated heterocycles. The van der Waals surface area contributed by atoms with Crippen molar-refractivity contribution in [2.24, 2.45) is 0 Å². The molecule has 0 aliphatic carbocycles. The molecule has 1 fully saturated rings. The number of aromatic nitrogens is 8. The van der Waals surface area contributed by atoms with E-state index in [4.69, 9.17) is 9.97 Å². The Balaban J connectivity index is 1.47. The van der Waals surface area contributed by atoms with E-state index in [-0.39, 0.29) is 0 Å². The van der Waals surface area contributed by atoms with E-state index in [0.29, 0.717) is 11.5 Å². The van der Waals surface area contributed by atoms with E-state index < -0.39 is 0 Å². The second kappa shape index (κ2) is 6.87. The quantitative estimate of drug-likeness (QED) is 0.480. The van der Waals surface area contributed by atoms with Crippen LogP contribution in [0.2, 0.25) is 0 Å². The summed E-state index contributed by atoms with van der Waals surface area (Å²) in [7, 11) is 0. The summed E-state index contributed by atoms with van der Waals surface area (Å²) >= 11 is 0. The third-order valence-electron chi connectivity index (χ3n) is 5.53. The molecule has 0 bridgehead atoms. The highest BCUT2D eigenvalue weighted by Crippen LogP contribution is 2.30. The summed E-state index contributed by atoms with van der Waals surface area (Å²) in [5.74, 6) is 1.61. The Morgan fingerprint density at radius 3 is 2.60 bits per heavy atom. The molecule has 9 nitrogen and oxygen atoms in total. The van der Waals surface area contributed by atoms with Crippen LogP contribution in [0.1, 0.15) is 19.3 Å². The van der Waals surface area contributed by atoms with Gasteiger partial charge in [-0.15, -0.1) is 0 Å².